The maximum absolute atomic E-state index is 12.4. The van der Waals surface area contributed by atoms with Crippen LogP contribution in [-0.2, 0) is 4.79 Å². The predicted octanol–water partition coefficient (Wildman–Crippen LogP) is 3.65. The fourth-order valence-electron chi connectivity index (χ4n) is 2.42. The van der Waals surface area contributed by atoms with Crippen molar-refractivity contribution in [2.75, 3.05) is 18.4 Å². The van der Waals surface area contributed by atoms with Gasteiger partial charge in [-0.05, 0) is 44.0 Å². The molecule has 19 heavy (non-hydrogen) atoms. The number of rotatable bonds is 3. The maximum atomic E-state index is 12.4. The van der Waals surface area contributed by atoms with E-state index in [0.717, 1.165) is 36.1 Å². The summed E-state index contributed by atoms with van der Waals surface area (Å²) < 4.78 is 1.05. The van der Waals surface area contributed by atoms with Gasteiger partial charge in [-0.25, -0.2) is 0 Å². The monoisotopic (exact) mass is 324 g/mol. The second-order valence-corrected chi connectivity index (χ2v) is 6.03. The molecule has 3 nitrogen and oxygen atoms in total. The van der Waals surface area contributed by atoms with Crippen molar-refractivity contribution >= 4 is 27.5 Å². The van der Waals surface area contributed by atoms with E-state index in [2.05, 4.69) is 21.2 Å². The van der Waals surface area contributed by atoms with Crippen molar-refractivity contribution in [1.29, 1.82) is 0 Å². The minimum Gasteiger partial charge on any atom is -0.374 e. The van der Waals surface area contributed by atoms with Crippen molar-refractivity contribution in [2.24, 2.45) is 0 Å². The summed E-state index contributed by atoms with van der Waals surface area (Å²) in [5.41, 5.74) is 0.985. The van der Waals surface area contributed by atoms with E-state index in [-0.39, 0.29) is 11.9 Å². The van der Waals surface area contributed by atoms with Crippen LogP contribution in [0, 0.1) is 0 Å². The quantitative estimate of drug-likeness (QED) is 0.920. The van der Waals surface area contributed by atoms with Gasteiger partial charge in [0.15, 0.2) is 0 Å². The number of hydrogen-bond acceptors (Lipinski definition) is 2. The van der Waals surface area contributed by atoms with Crippen LogP contribution >= 0.6 is 15.9 Å². The highest BCUT2D eigenvalue weighted by Crippen LogP contribution is 2.16. The second kappa shape index (κ2) is 6.94. The highest BCUT2D eigenvalue weighted by Gasteiger charge is 2.21. The number of nitrogens with one attached hydrogen (secondary N) is 1. The Labute approximate surface area is 123 Å². The summed E-state index contributed by atoms with van der Waals surface area (Å²) in [6, 6.07) is 7.75. The highest BCUT2D eigenvalue weighted by molar-refractivity contribution is 9.10. The first-order valence-electron chi connectivity index (χ1n) is 6.98. The molecule has 0 saturated carbocycles. The van der Waals surface area contributed by atoms with E-state index >= 15 is 0 Å². The SMILES string of the molecule is CC(Nc1ccc(Br)cc1)C(=O)N1CCCCCC1. The number of amides is 1. The molecule has 0 aromatic heterocycles. The van der Waals surface area contributed by atoms with E-state index in [1.165, 1.54) is 12.8 Å². The first-order valence-corrected chi connectivity index (χ1v) is 7.77. The Morgan fingerprint density at radius 2 is 1.74 bits per heavy atom. The average molecular weight is 325 g/mol. The molecule has 0 radical (unpaired) electrons. The lowest BCUT2D eigenvalue weighted by Crippen LogP contribution is -2.41. The molecular weight excluding hydrogens is 304 g/mol. The smallest absolute Gasteiger partial charge is 0.244 e. The van der Waals surface area contributed by atoms with E-state index in [0.29, 0.717) is 0 Å². The molecule has 4 heteroatoms. The van der Waals surface area contributed by atoms with Gasteiger partial charge in [0.25, 0.3) is 0 Å². The third-order valence-electron chi connectivity index (χ3n) is 3.52. The van der Waals surface area contributed by atoms with Crippen molar-refractivity contribution in [2.45, 2.75) is 38.6 Å². The number of nitrogens with zero attached hydrogens (tertiary/aromatic N) is 1. The van der Waals surface area contributed by atoms with Gasteiger partial charge in [0.05, 0.1) is 0 Å². The summed E-state index contributed by atoms with van der Waals surface area (Å²) in [5.74, 6) is 0.213. The summed E-state index contributed by atoms with van der Waals surface area (Å²) >= 11 is 3.41. The van der Waals surface area contributed by atoms with Gasteiger partial charge in [0.1, 0.15) is 6.04 Å². The third kappa shape index (κ3) is 4.23. The lowest BCUT2D eigenvalue weighted by molar-refractivity contribution is -0.131. The molecule has 0 spiro atoms. The molecule has 1 aliphatic rings. The van der Waals surface area contributed by atoms with Crippen molar-refractivity contribution in [3.8, 4) is 0 Å². The first-order chi connectivity index (χ1) is 9.16. The fourth-order valence-corrected chi connectivity index (χ4v) is 2.69. The van der Waals surface area contributed by atoms with E-state index < -0.39 is 0 Å². The van der Waals surface area contributed by atoms with Crippen LogP contribution in [0.5, 0.6) is 0 Å². The third-order valence-corrected chi connectivity index (χ3v) is 4.04. The van der Waals surface area contributed by atoms with Crippen LogP contribution < -0.4 is 5.32 Å². The average Bonchev–Trinajstić information content (AvgIpc) is 2.69. The van der Waals surface area contributed by atoms with E-state index in [4.69, 9.17) is 0 Å². The first kappa shape index (κ1) is 14.4. The Hall–Kier alpha value is -1.03. The van der Waals surface area contributed by atoms with Crippen LogP contribution in [0.2, 0.25) is 0 Å². The summed E-state index contributed by atoms with van der Waals surface area (Å²) in [4.78, 5) is 14.4. The van der Waals surface area contributed by atoms with Crippen molar-refractivity contribution < 1.29 is 4.79 Å². The van der Waals surface area contributed by atoms with E-state index in [9.17, 15) is 4.79 Å². The minimum atomic E-state index is -0.167. The summed E-state index contributed by atoms with van der Waals surface area (Å²) in [7, 11) is 0. The van der Waals surface area contributed by atoms with E-state index in [1.807, 2.05) is 36.1 Å². The largest absolute Gasteiger partial charge is 0.374 e. The standard InChI is InChI=1S/C15H21BrN2O/c1-12(17-14-8-6-13(16)7-9-14)15(19)18-10-4-2-3-5-11-18/h6-9,12,17H,2-5,10-11H2,1H3. The fraction of sp³-hybridized carbons (Fsp3) is 0.533. The normalized spacial score (nSPS) is 17.7. The molecule has 0 bridgehead atoms. The van der Waals surface area contributed by atoms with Gasteiger partial charge >= 0.3 is 0 Å². The summed E-state index contributed by atoms with van der Waals surface area (Å²) in [5, 5.41) is 3.27. The Kier molecular flexibility index (Phi) is 5.25. The van der Waals surface area contributed by atoms with Crippen molar-refractivity contribution in [1.82, 2.24) is 4.90 Å². The molecule has 2 rings (SSSR count). The molecule has 1 atom stereocenters. The van der Waals surface area contributed by atoms with Gasteiger partial charge in [0.2, 0.25) is 5.91 Å². The maximum Gasteiger partial charge on any atom is 0.244 e. The Morgan fingerprint density at radius 1 is 1.16 bits per heavy atom. The van der Waals surface area contributed by atoms with Crippen molar-refractivity contribution in [3.05, 3.63) is 28.7 Å². The van der Waals surface area contributed by atoms with Crippen LogP contribution in [0.1, 0.15) is 32.6 Å². The van der Waals surface area contributed by atoms with Crippen LogP contribution in [0.4, 0.5) is 5.69 Å². The number of carbonyl (C=O) groups is 1. The molecule has 1 aromatic carbocycles. The van der Waals surface area contributed by atoms with Gasteiger partial charge in [-0.2, -0.15) is 0 Å². The van der Waals surface area contributed by atoms with Gasteiger partial charge in [-0.1, -0.05) is 28.8 Å². The lowest BCUT2D eigenvalue weighted by atomic mass is 10.2. The predicted molar refractivity (Wildman–Crippen MR) is 82.3 cm³/mol. The molecule has 1 aliphatic heterocycles. The lowest BCUT2D eigenvalue weighted by Gasteiger charge is -2.25. The molecule has 1 amide bonds. The van der Waals surface area contributed by atoms with Gasteiger partial charge < -0.3 is 10.2 Å². The number of hydrogen-bond donors (Lipinski definition) is 1. The van der Waals surface area contributed by atoms with Crippen LogP contribution in [0.15, 0.2) is 28.7 Å². The van der Waals surface area contributed by atoms with Gasteiger partial charge in [0, 0.05) is 23.2 Å². The molecule has 1 heterocycles. The molecule has 1 unspecified atom stereocenters. The van der Waals surface area contributed by atoms with Gasteiger partial charge in [-0.15, -0.1) is 0 Å². The summed E-state index contributed by atoms with van der Waals surface area (Å²) in [6.07, 6.45) is 4.77. The molecule has 1 saturated heterocycles. The number of benzene rings is 1. The Bertz CT molecular complexity index is 411. The number of carbonyl (C=O) groups excluding carboxylic acids is 1. The molecule has 0 aliphatic carbocycles. The van der Waals surface area contributed by atoms with Crippen molar-refractivity contribution in [3.63, 3.8) is 0 Å². The number of likely N-dealkylation sites (tertiary alicyclic amines) is 1. The highest BCUT2D eigenvalue weighted by atomic mass is 79.9. The van der Waals surface area contributed by atoms with Crippen LogP contribution in [0.3, 0.4) is 0 Å². The molecule has 104 valence electrons. The van der Waals surface area contributed by atoms with Gasteiger partial charge in [-0.3, -0.25) is 4.79 Å². The zero-order chi connectivity index (χ0) is 13.7. The molecule has 1 fully saturated rings. The van der Waals surface area contributed by atoms with Crippen LogP contribution in [-0.4, -0.2) is 29.9 Å². The minimum absolute atomic E-state index is 0.167. The van der Waals surface area contributed by atoms with E-state index in [1.54, 1.807) is 0 Å². The Balaban J connectivity index is 1.92. The molecular formula is C15H21BrN2O. The molecule has 1 aromatic rings. The number of halogens is 1. The zero-order valence-corrected chi connectivity index (χ0v) is 12.9. The summed E-state index contributed by atoms with van der Waals surface area (Å²) in [6.45, 7) is 3.76. The molecule has 1 N–H and O–H groups in total. The Morgan fingerprint density at radius 3 is 2.32 bits per heavy atom. The topological polar surface area (TPSA) is 32.3 Å². The second-order valence-electron chi connectivity index (χ2n) is 5.11. The zero-order valence-electron chi connectivity index (χ0n) is 11.4. The van der Waals surface area contributed by atoms with Crippen LogP contribution in [0.25, 0.3) is 0 Å². The number of anilines is 1.